The summed E-state index contributed by atoms with van der Waals surface area (Å²) in [6.07, 6.45) is 0. The van der Waals surface area contributed by atoms with Gasteiger partial charge in [-0.3, -0.25) is 0 Å². The smallest absolute Gasteiger partial charge is 0.317 e. The van der Waals surface area contributed by atoms with E-state index >= 15 is 0 Å². The van der Waals surface area contributed by atoms with Crippen LogP contribution in [0.15, 0.2) is 24.3 Å². The molecule has 0 aliphatic rings. The van der Waals surface area contributed by atoms with Gasteiger partial charge < -0.3 is 16.0 Å². The lowest BCUT2D eigenvalue weighted by Crippen LogP contribution is -2.36. The lowest BCUT2D eigenvalue weighted by molar-refractivity contribution is 0.214. The number of hydrogen-bond donors (Lipinski definition) is 2. The summed E-state index contributed by atoms with van der Waals surface area (Å²) in [5.74, 6) is 0. The van der Waals surface area contributed by atoms with Crippen molar-refractivity contribution in [2.75, 3.05) is 19.8 Å². The van der Waals surface area contributed by atoms with E-state index in [0.717, 1.165) is 11.3 Å². The van der Waals surface area contributed by atoms with Gasteiger partial charge in [0.15, 0.2) is 0 Å². The summed E-state index contributed by atoms with van der Waals surface area (Å²) >= 11 is 0. The molecule has 1 aromatic carbocycles. The Morgan fingerprint density at radius 1 is 1.33 bits per heavy atom. The van der Waals surface area contributed by atoms with E-state index in [2.05, 4.69) is 5.32 Å². The number of benzene rings is 1. The third-order valence-electron chi connectivity index (χ3n) is 2.18. The van der Waals surface area contributed by atoms with Gasteiger partial charge in [0.05, 0.1) is 6.04 Å². The predicted molar refractivity (Wildman–Crippen MR) is 61.5 cm³/mol. The summed E-state index contributed by atoms with van der Waals surface area (Å²) in [5.41, 5.74) is 7.35. The van der Waals surface area contributed by atoms with Crippen molar-refractivity contribution in [2.45, 2.75) is 13.0 Å². The third kappa shape index (κ3) is 3.16. The minimum atomic E-state index is -0.0978. The molecule has 15 heavy (non-hydrogen) atoms. The highest BCUT2D eigenvalue weighted by Gasteiger charge is 2.09. The second-order valence-corrected chi connectivity index (χ2v) is 3.73. The van der Waals surface area contributed by atoms with Gasteiger partial charge >= 0.3 is 6.03 Å². The zero-order chi connectivity index (χ0) is 11.4. The van der Waals surface area contributed by atoms with Crippen LogP contribution in [0.2, 0.25) is 0 Å². The number of urea groups is 1. The van der Waals surface area contributed by atoms with Gasteiger partial charge in [-0.25, -0.2) is 4.79 Å². The van der Waals surface area contributed by atoms with Crippen LogP contribution in [0.25, 0.3) is 0 Å². The molecule has 0 aromatic heterocycles. The molecule has 3 N–H and O–H groups in total. The first-order chi connectivity index (χ1) is 7.00. The van der Waals surface area contributed by atoms with Gasteiger partial charge in [-0.15, -0.1) is 0 Å². The number of nitrogens with one attached hydrogen (secondary N) is 1. The van der Waals surface area contributed by atoms with Crippen LogP contribution in [0.3, 0.4) is 0 Å². The summed E-state index contributed by atoms with van der Waals surface area (Å²) in [7, 11) is 3.43. The van der Waals surface area contributed by atoms with Crippen molar-refractivity contribution in [2.24, 2.45) is 0 Å². The number of carbonyl (C=O) groups is 1. The largest absolute Gasteiger partial charge is 0.399 e. The van der Waals surface area contributed by atoms with Gasteiger partial charge in [0, 0.05) is 19.8 Å². The van der Waals surface area contributed by atoms with Gasteiger partial charge in [0.25, 0.3) is 0 Å². The second kappa shape index (κ2) is 4.68. The topological polar surface area (TPSA) is 58.4 Å². The molecule has 0 aliphatic carbocycles. The Morgan fingerprint density at radius 3 is 2.33 bits per heavy atom. The maximum absolute atomic E-state index is 11.4. The van der Waals surface area contributed by atoms with Gasteiger partial charge in [-0.05, 0) is 24.6 Å². The number of nitrogen functional groups attached to an aromatic ring is 1. The number of nitrogens with zero attached hydrogens (tertiary/aromatic N) is 1. The number of hydrogen-bond acceptors (Lipinski definition) is 2. The standard InChI is InChI=1S/C11H17N3O/c1-8(13-11(15)14(2)3)9-4-6-10(12)7-5-9/h4-8H,12H2,1-3H3,(H,13,15). The fraction of sp³-hybridized carbons (Fsp3) is 0.364. The lowest BCUT2D eigenvalue weighted by Gasteiger charge is -2.18. The van der Waals surface area contributed by atoms with Crippen molar-refractivity contribution in [3.8, 4) is 0 Å². The lowest BCUT2D eigenvalue weighted by atomic mass is 10.1. The van der Waals surface area contributed by atoms with Crippen LogP contribution in [-0.4, -0.2) is 25.0 Å². The minimum Gasteiger partial charge on any atom is -0.399 e. The highest BCUT2D eigenvalue weighted by Crippen LogP contribution is 2.14. The maximum atomic E-state index is 11.4. The average Bonchev–Trinajstić information content (AvgIpc) is 2.18. The molecule has 0 spiro atoms. The summed E-state index contributed by atoms with van der Waals surface area (Å²) in [4.78, 5) is 12.9. The zero-order valence-electron chi connectivity index (χ0n) is 9.32. The molecule has 2 amide bonds. The molecule has 1 aromatic rings. The van der Waals surface area contributed by atoms with Crippen molar-refractivity contribution < 1.29 is 4.79 Å². The Bertz CT molecular complexity index is 332. The van der Waals surface area contributed by atoms with E-state index in [0.29, 0.717) is 0 Å². The highest BCUT2D eigenvalue weighted by atomic mass is 16.2. The fourth-order valence-electron chi connectivity index (χ4n) is 1.18. The Kier molecular flexibility index (Phi) is 3.55. The van der Waals surface area contributed by atoms with Crippen molar-refractivity contribution >= 4 is 11.7 Å². The Morgan fingerprint density at radius 2 is 1.87 bits per heavy atom. The van der Waals surface area contributed by atoms with Gasteiger partial charge in [-0.1, -0.05) is 12.1 Å². The summed E-state index contributed by atoms with van der Waals surface area (Å²) in [5, 5.41) is 2.86. The van der Waals surface area contributed by atoms with E-state index in [9.17, 15) is 4.79 Å². The molecule has 1 atom stereocenters. The number of carbonyl (C=O) groups excluding carboxylic acids is 1. The fourth-order valence-corrected chi connectivity index (χ4v) is 1.18. The second-order valence-electron chi connectivity index (χ2n) is 3.73. The molecule has 0 saturated carbocycles. The summed E-state index contributed by atoms with van der Waals surface area (Å²) in [6.45, 7) is 1.94. The number of nitrogens with two attached hydrogens (primary N) is 1. The van der Waals surface area contributed by atoms with Crippen LogP contribution >= 0.6 is 0 Å². The Hall–Kier alpha value is -1.71. The first kappa shape index (κ1) is 11.4. The summed E-state index contributed by atoms with van der Waals surface area (Å²) < 4.78 is 0. The minimum absolute atomic E-state index is 0.0134. The van der Waals surface area contributed by atoms with E-state index in [-0.39, 0.29) is 12.1 Å². The van der Waals surface area contributed by atoms with Crippen LogP contribution < -0.4 is 11.1 Å². The van der Waals surface area contributed by atoms with Gasteiger partial charge in [-0.2, -0.15) is 0 Å². The summed E-state index contributed by atoms with van der Waals surface area (Å²) in [6, 6.07) is 7.37. The van der Waals surface area contributed by atoms with Crippen molar-refractivity contribution in [1.82, 2.24) is 10.2 Å². The average molecular weight is 207 g/mol. The molecule has 0 fully saturated rings. The Balaban J connectivity index is 2.65. The molecule has 4 heteroatoms. The van der Waals surface area contributed by atoms with Crippen molar-refractivity contribution in [1.29, 1.82) is 0 Å². The zero-order valence-corrected chi connectivity index (χ0v) is 9.32. The SMILES string of the molecule is CC(NC(=O)N(C)C)c1ccc(N)cc1. The molecule has 0 radical (unpaired) electrons. The molecular formula is C11H17N3O. The van der Waals surface area contributed by atoms with Crippen LogP contribution in [0.4, 0.5) is 10.5 Å². The predicted octanol–water partition coefficient (Wildman–Crippen LogP) is 1.60. The van der Waals surface area contributed by atoms with Gasteiger partial charge in [0.1, 0.15) is 0 Å². The monoisotopic (exact) mass is 207 g/mol. The quantitative estimate of drug-likeness (QED) is 0.724. The van der Waals surface area contributed by atoms with E-state index < -0.39 is 0 Å². The van der Waals surface area contributed by atoms with E-state index in [4.69, 9.17) is 5.73 Å². The molecule has 1 rings (SSSR count). The molecule has 0 aliphatic heterocycles. The van der Waals surface area contributed by atoms with E-state index in [1.54, 1.807) is 14.1 Å². The first-order valence-electron chi connectivity index (χ1n) is 4.84. The van der Waals surface area contributed by atoms with E-state index in [1.807, 2.05) is 31.2 Å². The van der Waals surface area contributed by atoms with Crippen LogP contribution in [0.1, 0.15) is 18.5 Å². The molecule has 0 bridgehead atoms. The number of anilines is 1. The first-order valence-corrected chi connectivity index (χ1v) is 4.84. The number of amides is 2. The van der Waals surface area contributed by atoms with Gasteiger partial charge in [0.2, 0.25) is 0 Å². The van der Waals surface area contributed by atoms with Crippen LogP contribution in [0, 0.1) is 0 Å². The molecule has 0 saturated heterocycles. The maximum Gasteiger partial charge on any atom is 0.317 e. The molecular weight excluding hydrogens is 190 g/mol. The molecule has 4 nitrogen and oxygen atoms in total. The Labute approximate surface area is 90.1 Å². The van der Waals surface area contributed by atoms with Crippen molar-refractivity contribution in [3.05, 3.63) is 29.8 Å². The van der Waals surface area contributed by atoms with E-state index in [1.165, 1.54) is 4.90 Å². The third-order valence-corrected chi connectivity index (χ3v) is 2.18. The molecule has 0 heterocycles. The number of rotatable bonds is 2. The molecule has 1 unspecified atom stereocenters. The normalized spacial score (nSPS) is 11.9. The highest BCUT2D eigenvalue weighted by molar-refractivity contribution is 5.74. The van der Waals surface area contributed by atoms with Crippen LogP contribution in [-0.2, 0) is 0 Å². The van der Waals surface area contributed by atoms with Crippen LogP contribution in [0.5, 0.6) is 0 Å². The van der Waals surface area contributed by atoms with Crippen molar-refractivity contribution in [3.63, 3.8) is 0 Å². The molecule has 82 valence electrons.